The molecule has 0 bridgehead atoms. The van der Waals surface area contributed by atoms with Crippen LogP contribution >= 0.6 is 11.6 Å². The van der Waals surface area contributed by atoms with Gasteiger partial charge in [-0.1, -0.05) is 11.6 Å². The standard InChI is InChI=1S/C12H8ClFN2O2/c13-7-1-3-9(14)11(5-7)16-8-2-4-10(12(17)18)15-6-8/h1-6,16H,(H,17,18). The Bertz CT molecular complexity index is 587. The third-order valence-corrected chi connectivity index (χ3v) is 2.43. The number of aromatic carboxylic acids is 1. The van der Waals surface area contributed by atoms with Crippen LogP contribution < -0.4 is 5.32 Å². The lowest BCUT2D eigenvalue weighted by atomic mass is 10.2. The molecule has 1 aromatic heterocycles. The molecule has 0 saturated carbocycles. The number of pyridine rings is 1. The van der Waals surface area contributed by atoms with Crippen molar-refractivity contribution in [2.75, 3.05) is 5.32 Å². The molecular formula is C12H8ClFN2O2. The van der Waals surface area contributed by atoms with Gasteiger partial charge in [0.25, 0.3) is 0 Å². The van der Waals surface area contributed by atoms with Crippen molar-refractivity contribution in [1.29, 1.82) is 0 Å². The maximum Gasteiger partial charge on any atom is 0.354 e. The van der Waals surface area contributed by atoms with Crippen molar-refractivity contribution in [2.24, 2.45) is 0 Å². The Hall–Kier alpha value is -2.14. The summed E-state index contributed by atoms with van der Waals surface area (Å²) in [5.74, 6) is -1.57. The summed E-state index contributed by atoms with van der Waals surface area (Å²) in [6, 6.07) is 6.93. The quantitative estimate of drug-likeness (QED) is 0.895. The second kappa shape index (κ2) is 5.01. The number of nitrogens with one attached hydrogen (secondary N) is 1. The number of halogens is 2. The number of nitrogens with zero attached hydrogens (tertiary/aromatic N) is 1. The van der Waals surface area contributed by atoms with Gasteiger partial charge in [-0.15, -0.1) is 0 Å². The number of benzene rings is 1. The smallest absolute Gasteiger partial charge is 0.354 e. The summed E-state index contributed by atoms with van der Waals surface area (Å²) in [7, 11) is 0. The summed E-state index contributed by atoms with van der Waals surface area (Å²) in [5.41, 5.74) is 0.598. The highest BCUT2D eigenvalue weighted by molar-refractivity contribution is 6.30. The molecule has 4 nitrogen and oxygen atoms in total. The Labute approximate surface area is 107 Å². The Kier molecular flexibility index (Phi) is 3.43. The van der Waals surface area contributed by atoms with Gasteiger partial charge in [-0.25, -0.2) is 14.2 Å². The lowest BCUT2D eigenvalue weighted by Crippen LogP contribution is -2.01. The first-order chi connectivity index (χ1) is 8.56. The van der Waals surface area contributed by atoms with Crippen LogP contribution in [0.25, 0.3) is 0 Å². The molecular weight excluding hydrogens is 259 g/mol. The van der Waals surface area contributed by atoms with Crippen LogP contribution in [0.15, 0.2) is 36.5 Å². The van der Waals surface area contributed by atoms with E-state index in [-0.39, 0.29) is 11.4 Å². The molecule has 2 rings (SSSR count). The van der Waals surface area contributed by atoms with Crippen LogP contribution in [0.5, 0.6) is 0 Å². The summed E-state index contributed by atoms with van der Waals surface area (Å²) in [6.07, 6.45) is 1.31. The molecule has 0 fully saturated rings. The van der Waals surface area contributed by atoms with Crippen LogP contribution in [0.1, 0.15) is 10.5 Å². The Balaban J connectivity index is 2.23. The van der Waals surface area contributed by atoms with Crippen molar-refractivity contribution < 1.29 is 14.3 Å². The van der Waals surface area contributed by atoms with Crippen molar-refractivity contribution in [3.8, 4) is 0 Å². The average Bonchev–Trinajstić information content (AvgIpc) is 2.34. The van der Waals surface area contributed by atoms with Crippen molar-refractivity contribution in [3.05, 3.63) is 53.1 Å². The number of carboxylic acids is 1. The normalized spacial score (nSPS) is 10.1. The highest BCUT2D eigenvalue weighted by Gasteiger charge is 2.06. The number of hydrogen-bond donors (Lipinski definition) is 2. The molecule has 18 heavy (non-hydrogen) atoms. The predicted octanol–water partition coefficient (Wildman–Crippen LogP) is 3.32. The van der Waals surface area contributed by atoms with E-state index in [1.807, 2.05) is 0 Å². The third-order valence-electron chi connectivity index (χ3n) is 2.19. The van der Waals surface area contributed by atoms with Crippen LogP contribution in [-0.2, 0) is 0 Å². The van der Waals surface area contributed by atoms with Gasteiger partial charge in [0.2, 0.25) is 0 Å². The van der Waals surface area contributed by atoms with Gasteiger partial charge in [0.15, 0.2) is 0 Å². The third kappa shape index (κ3) is 2.75. The predicted molar refractivity (Wildman–Crippen MR) is 65.9 cm³/mol. The minimum atomic E-state index is -1.12. The molecule has 6 heteroatoms. The zero-order chi connectivity index (χ0) is 13.1. The van der Waals surface area contributed by atoms with Gasteiger partial charge in [-0.2, -0.15) is 0 Å². The molecule has 0 saturated heterocycles. The van der Waals surface area contributed by atoms with E-state index in [1.54, 1.807) is 0 Å². The van der Waals surface area contributed by atoms with Gasteiger partial charge < -0.3 is 10.4 Å². The lowest BCUT2D eigenvalue weighted by molar-refractivity contribution is 0.0690. The maximum absolute atomic E-state index is 13.4. The molecule has 2 aromatic rings. The Morgan fingerprint density at radius 1 is 1.33 bits per heavy atom. The van der Waals surface area contributed by atoms with Crippen molar-refractivity contribution in [3.63, 3.8) is 0 Å². The summed E-state index contributed by atoms with van der Waals surface area (Å²) >= 11 is 5.75. The molecule has 0 amide bonds. The van der Waals surface area contributed by atoms with Gasteiger partial charge in [0, 0.05) is 5.02 Å². The number of carbonyl (C=O) groups is 1. The second-order valence-corrected chi connectivity index (χ2v) is 3.92. The first kappa shape index (κ1) is 12.3. The summed E-state index contributed by atoms with van der Waals surface area (Å²) < 4.78 is 13.4. The average molecular weight is 267 g/mol. The molecule has 0 unspecified atom stereocenters. The van der Waals surface area contributed by atoms with E-state index in [9.17, 15) is 9.18 Å². The van der Waals surface area contributed by atoms with Crippen LogP contribution in [0.4, 0.5) is 15.8 Å². The van der Waals surface area contributed by atoms with Crippen molar-refractivity contribution in [2.45, 2.75) is 0 Å². The minimum absolute atomic E-state index is 0.0767. The van der Waals surface area contributed by atoms with E-state index < -0.39 is 11.8 Å². The first-order valence-electron chi connectivity index (χ1n) is 4.97. The fourth-order valence-electron chi connectivity index (χ4n) is 1.34. The molecule has 1 heterocycles. The zero-order valence-corrected chi connectivity index (χ0v) is 9.78. The number of hydrogen-bond acceptors (Lipinski definition) is 3. The number of anilines is 2. The zero-order valence-electron chi connectivity index (χ0n) is 9.02. The van der Waals surface area contributed by atoms with Gasteiger partial charge in [-0.05, 0) is 30.3 Å². The lowest BCUT2D eigenvalue weighted by Gasteiger charge is -2.07. The molecule has 0 aliphatic heterocycles. The van der Waals surface area contributed by atoms with Gasteiger partial charge in [-0.3, -0.25) is 0 Å². The van der Waals surface area contributed by atoms with Gasteiger partial charge in [0.05, 0.1) is 17.6 Å². The largest absolute Gasteiger partial charge is 0.477 e. The van der Waals surface area contributed by atoms with Crippen molar-refractivity contribution >= 4 is 28.9 Å². The SMILES string of the molecule is O=C(O)c1ccc(Nc2cc(Cl)ccc2F)cn1. The molecule has 0 aliphatic rings. The van der Waals surface area contributed by atoms with Crippen LogP contribution in [-0.4, -0.2) is 16.1 Å². The summed E-state index contributed by atoms with van der Waals surface area (Å²) in [6.45, 7) is 0. The molecule has 0 spiro atoms. The van der Waals surface area contributed by atoms with Crippen LogP contribution in [0.2, 0.25) is 5.02 Å². The molecule has 0 atom stereocenters. The molecule has 92 valence electrons. The number of rotatable bonds is 3. The van der Waals surface area contributed by atoms with Gasteiger partial charge >= 0.3 is 5.97 Å². The molecule has 2 N–H and O–H groups in total. The highest BCUT2D eigenvalue weighted by Crippen LogP contribution is 2.23. The van der Waals surface area contributed by atoms with E-state index in [0.717, 1.165) is 0 Å². The number of carboxylic acid groups (broad SMARTS) is 1. The van der Waals surface area contributed by atoms with Crippen molar-refractivity contribution in [1.82, 2.24) is 4.98 Å². The molecule has 0 aliphatic carbocycles. The van der Waals surface area contributed by atoms with E-state index in [0.29, 0.717) is 10.7 Å². The summed E-state index contributed by atoms with van der Waals surface area (Å²) in [4.78, 5) is 14.3. The Morgan fingerprint density at radius 2 is 2.11 bits per heavy atom. The Morgan fingerprint density at radius 3 is 2.72 bits per heavy atom. The van der Waals surface area contributed by atoms with Crippen LogP contribution in [0.3, 0.4) is 0 Å². The fourth-order valence-corrected chi connectivity index (χ4v) is 1.52. The van der Waals surface area contributed by atoms with E-state index >= 15 is 0 Å². The van der Waals surface area contributed by atoms with E-state index in [2.05, 4.69) is 10.3 Å². The topological polar surface area (TPSA) is 62.2 Å². The molecule has 0 radical (unpaired) electrons. The number of aromatic nitrogens is 1. The van der Waals surface area contributed by atoms with E-state index in [4.69, 9.17) is 16.7 Å². The van der Waals surface area contributed by atoms with E-state index in [1.165, 1.54) is 36.5 Å². The maximum atomic E-state index is 13.4. The second-order valence-electron chi connectivity index (χ2n) is 3.49. The van der Waals surface area contributed by atoms with Crippen LogP contribution in [0, 0.1) is 5.82 Å². The monoisotopic (exact) mass is 266 g/mol. The fraction of sp³-hybridized carbons (Fsp3) is 0. The first-order valence-corrected chi connectivity index (χ1v) is 5.35. The minimum Gasteiger partial charge on any atom is -0.477 e. The highest BCUT2D eigenvalue weighted by atomic mass is 35.5. The van der Waals surface area contributed by atoms with Gasteiger partial charge in [0.1, 0.15) is 11.5 Å². The molecule has 1 aromatic carbocycles. The summed E-state index contributed by atoms with van der Waals surface area (Å²) in [5, 5.41) is 11.8.